The van der Waals surface area contributed by atoms with E-state index in [2.05, 4.69) is 130 Å². The number of rotatable bonds is 50. The van der Waals surface area contributed by atoms with Gasteiger partial charge >= 0.3 is 17.9 Å². The Hall–Kier alpha value is -3.93. The monoisotopic (exact) mass is 957 g/mol. The zero-order valence-electron chi connectivity index (χ0n) is 44.8. The van der Waals surface area contributed by atoms with Crippen LogP contribution in [-0.2, 0) is 28.6 Å². The van der Waals surface area contributed by atoms with E-state index in [4.69, 9.17) is 14.2 Å². The van der Waals surface area contributed by atoms with Crippen LogP contribution in [-0.4, -0.2) is 37.2 Å². The van der Waals surface area contributed by atoms with Gasteiger partial charge < -0.3 is 14.2 Å². The lowest BCUT2D eigenvalue weighted by Crippen LogP contribution is -2.30. The molecule has 1 atom stereocenters. The number of hydrogen-bond acceptors (Lipinski definition) is 6. The maximum absolute atomic E-state index is 12.8. The number of unbranched alkanes of at least 4 members (excludes halogenated alkanes) is 21. The lowest BCUT2D eigenvalue weighted by atomic mass is 10.1. The van der Waals surface area contributed by atoms with Crippen LogP contribution in [0.2, 0.25) is 0 Å². The van der Waals surface area contributed by atoms with Crippen LogP contribution in [0.5, 0.6) is 0 Å². The predicted molar refractivity (Wildman–Crippen MR) is 297 cm³/mol. The molecular weight excluding hydrogens is 853 g/mol. The molecule has 0 aromatic rings. The highest BCUT2D eigenvalue weighted by atomic mass is 16.6. The second-order valence-corrected chi connectivity index (χ2v) is 18.5. The standard InChI is InChI=1S/C63H104O6/c1-4-7-10-13-16-19-22-24-26-27-28-29-30-31-32-33-34-35-36-37-38-40-41-44-47-50-53-56-62(65)68-59-60(58-67-61(64)55-52-49-46-43-21-18-15-12-9-6-3)69-63(66)57-54-51-48-45-42-39-25-23-20-17-14-11-8-5-2/h7,10,14,16-17,19,23-26,28-29,31-32,34-35,37-38,60H,4-6,8-9,11-13,15,18,20-22,27,30,33,36,39-59H2,1-3H3/b10-7-,17-14-,19-16-,25-23-,26-24-,29-28-,32-31-,35-34-,38-37-. The molecule has 392 valence electrons. The normalized spacial score (nSPS) is 12.9. The van der Waals surface area contributed by atoms with Gasteiger partial charge in [-0.25, -0.2) is 0 Å². The van der Waals surface area contributed by atoms with E-state index >= 15 is 0 Å². The third kappa shape index (κ3) is 54.9. The summed E-state index contributed by atoms with van der Waals surface area (Å²) in [5.41, 5.74) is 0. The van der Waals surface area contributed by atoms with E-state index < -0.39 is 6.10 Å². The number of carbonyl (C=O) groups excluding carboxylic acids is 3. The number of ether oxygens (including phenoxy) is 3. The molecule has 0 fully saturated rings. The molecular formula is C63H104O6. The highest BCUT2D eigenvalue weighted by Crippen LogP contribution is 2.14. The first-order valence-electron chi connectivity index (χ1n) is 28.4. The first-order chi connectivity index (χ1) is 34.0. The lowest BCUT2D eigenvalue weighted by Gasteiger charge is -2.18. The quantitative estimate of drug-likeness (QED) is 0.0262. The predicted octanol–water partition coefficient (Wildman–Crippen LogP) is 19.1. The Balaban J connectivity index is 4.33. The molecule has 0 N–H and O–H groups in total. The van der Waals surface area contributed by atoms with Crippen molar-refractivity contribution in [2.24, 2.45) is 0 Å². The fourth-order valence-corrected chi connectivity index (χ4v) is 7.50. The van der Waals surface area contributed by atoms with Crippen molar-refractivity contribution in [1.29, 1.82) is 0 Å². The molecule has 0 aliphatic rings. The number of esters is 3. The minimum Gasteiger partial charge on any atom is -0.462 e. The molecule has 69 heavy (non-hydrogen) atoms. The number of hydrogen-bond donors (Lipinski definition) is 0. The van der Waals surface area contributed by atoms with Crippen LogP contribution in [0.15, 0.2) is 109 Å². The van der Waals surface area contributed by atoms with Crippen molar-refractivity contribution in [1.82, 2.24) is 0 Å². The van der Waals surface area contributed by atoms with E-state index in [9.17, 15) is 14.4 Å². The molecule has 6 heteroatoms. The summed E-state index contributed by atoms with van der Waals surface area (Å²) in [4.78, 5) is 38.0. The lowest BCUT2D eigenvalue weighted by molar-refractivity contribution is -0.167. The molecule has 1 unspecified atom stereocenters. The molecule has 0 heterocycles. The SMILES string of the molecule is CC/C=C\C/C=C\C/C=C\C/C=C\C/C=C\C/C=C\C/C=C\CCCCCCCC(=O)OCC(COC(=O)CCCCCCCCCCCC)OC(=O)CCCCCCC/C=C\C/C=C\CCCC. The Kier molecular flexibility index (Phi) is 53.4. The molecule has 0 rings (SSSR count). The van der Waals surface area contributed by atoms with Crippen molar-refractivity contribution in [2.45, 2.75) is 258 Å². The Morgan fingerprint density at radius 1 is 0.304 bits per heavy atom. The summed E-state index contributed by atoms with van der Waals surface area (Å²) < 4.78 is 16.8. The summed E-state index contributed by atoms with van der Waals surface area (Å²) in [6.45, 7) is 6.44. The van der Waals surface area contributed by atoms with E-state index in [0.717, 1.165) is 148 Å². The van der Waals surface area contributed by atoms with Gasteiger partial charge in [-0.1, -0.05) is 239 Å². The molecule has 0 spiro atoms. The molecule has 0 aliphatic heterocycles. The van der Waals surface area contributed by atoms with Crippen LogP contribution in [0.25, 0.3) is 0 Å². The van der Waals surface area contributed by atoms with Crippen molar-refractivity contribution < 1.29 is 28.6 Å². The highest BCUT2D eigenvalue weighted by molar-refractivity contribution is 5.71. The second kappa shape index (κ2) is 56.7. The minimum absolute atomic E-state index is 0.0898. The topological polar surface area (TPSA) is 78.9 Å². The van der Waals surface area contributed by atoms with Gasteiger partial charge in [0, 0.05) is 19.3 Å². The smallest absolute Gasteiger partial charge is 0.306 e. The van der Waals surface area contributed by atoms with E-state index in [0.29, 0.717) is 19.3 Å². The van der Waals surface area contributed by atoms with Crippen molar-refractivity contribution in [3.05, 3.63) is 109 Å². The fourth-order valence-electron chi connectivity index (χ4n) is 7.50. The van der Waals surface area contributed by atoms with Crippen LogP contribution < -0.4 is 0 Å². The summed E-state index contributed by atoms with van der Waals surface area (Å²) in [5.74, 6) is -0.927. The van der Waals surface area contributed by atoms with Crippen LogP contribution in [0.3, 0.4) is 0 Å². The molecule has 6 nitrogen and oxygen atoms in total. The van der Waals surface area contributed by atoms with Crippen LogP contribution in [0.4, 0.5) is 0 Å². The summed E-state index contributed by atoms with van der Waals surface area (Å²) in [5, 5.41) is 0. The van der Waals surface area contributed by atoms with Crippen molar-refractivity contribution in [3.63, 3.8) is 0 Å². The zero-order valence-corrected chi connectivity index (χ0v) is 44.8. The van der Waals surface area contributed by atoms with E-state index in [-0.39, 0.29) is 31.1 Å². The first kappa shape index (κ1) is 65.1. The molecule has 0 bridgehead atoms. The van der Waals surface area contributed by atoms with E-state index in [1.807, 2.05) is 0 Å². The van der Waals surface area contributed by atoms with Gasteiger partial charge in [-0.15, -0.1) is 0 Å². The number of carbonyl (C=O) groups is 3. The maximum atomic E-state index is 12.8. The van der Waals surface area contributed by atoms with Crippen molar-refractivity contribution in [2.75, 3.05) is 13.2 Å². The van der Waals surface area contributed by atoms with Crippen LogP contribution >= 0.6 is 0 Å². The largest absolute Gasteiger partial charge is 0.462 e. The van der Waals surface area contributed by atoms with Gasteiger partial charge in [-0.3, -0.25) is 14.4 Å². The average molecular weight is 958 g/mol. The van der Waals surface area contributed by atoms with Gasteiger partial charge in [-0.2, -0.15) is 0 Å². The third-order valence-electron chi connectivity index (χ3n) is 11.8. The van der Waals surface area contributed by atoms with Crippen molar-refractivity contribution in [3.8, 4) is 0 Å². The Morgan fingerprint density at radius 3 is 0.928 bits per heavy atom. The molecule has 0 radical (unpaired) electrons. The molecule has 0 aromatic carbocycles. The van der Waals surface area contributed by atoms with Crippen molar-refractivity contribution >= 4 is 17.9 Å². The molecule has 0 saturated heterocycles. The molecule has 0 amide bonds. The van der Waals surface area contributed by atoms with Gasteiger partial charge in [0.15, 0.2) is 6.10 Å². The van der Waals surface area contributed by atoms with Crippen LogP contribution in [0, 0.1) is 0 Å². The van der Waals surface area contributed by atoms with Gasteiger partial charge in [0.05, 0.1) is 0 Å². The Morgan fingerprint density at radius 2 is 0.580 bits per heavy atom. The Labute approximate surface area is 425 Å². The first-order valence-corrected chi connectivity index (χ1v) is 28.4. The van der Waals surface area contributed by atoms with E-state index in [1.165, 1.54) is 64.2 Å². The Bertz CT molecular complexity index is 1420. The van der Waals surface area contributed by atoms with Gasteiger partial charge in [0.2, 0.25) is 0 Å². The van der Waals surface area contributed by atoms with Gasteiger partial charge in [-0.05, 0) is 103 Å². The average Bonchev–Trinajstić information content (AvgIpc) is 3.35. The number of allylic oxidation sites excluding steroid dienone is 18. The molecule has 0 aromatic heterocycles. The second-order valence-electron chi connectivity index (χ2n) is 18.5. The summed E-state index contributed by atoms with van der Waals surface area (Å²) >= 11 is 0. The highest BCUT2D eigenvalue weighted by Gasteiger charge is 2.19. The maximum Gasteiger partial charge on any atom is 0.306 e. The molecule has 0 aliphatic carbocycles. The fraction of sp³-hybridized carbons (Fsp3) is 0.667. The third-order valence-corrected chi connectivity index (χ3v) is 11.8. The van der Waals surface area contributed by atoms with Gasteiger partial charge in [0.1, 0.15) is 13.2 Å². The van der Waals surface area contributed by atoms with Crippen LogP contribution in [0.1, 0.15) is 252 Å². The zero-order chi connectivity index (χ0) is 50.0. The van der Waals surface area contributed by atoms with E-state index in [1.54, 1.807) is 0 Å². The summed E-state index contributed by atoms with van der Waals surface area (Å²) in [6, 6.07) is 0. The minimum atomic E-state index is -0.793. The summed E-state index contributed by atoms with van der Waals surface area (Å²) in [6.07, 6.45) is 76.5. The van der Waals surface area contributed by atoms with Gasteiger partial charge in [0.25, 0.3) is 0 Å². The molecule has 0 saturated carbocycles. The summed E-state index contributed by atoms with van der Waals surface area (Å²) in [7, 11) is 0.